The van der Waals surface area contributed by atoms with Gasteiger partial charge in [-0.3, -0.25) is 9.78 Å². The van der Waals surface area contributed by atoms with E-state index in [1.54, 1.807) is 17.3 Å². The third-order valence-electron chi connectivity index (χ3n) is 2.51. The second kappa shape index (κ2) is 3.62. The normalized spacial score (nSPS) is 21.3. The van der Waals surface area contributed by atoms with Gasteiger partial charge in [0.05, 0.1) is 11.6 Å². The Morgan fingerprint density at radius 1 is 1.57 bits per heavy atom. The maximum absolute atomic E-state index is 11.8. The molecule has 1 atom stereocenters. The van der Waals surface area contributed by atoms with Crippen LogP contribution in [0.5, 0.6) is 0 Å². The van der Waals surface area contributed by atoms with Gasteiger partial charge in [-0.15, -0.1) is 0 Å². The summed E-state index contributed by atoms with van der Waals surface area (Å²) in [6.45, 7) is 4.36. The molecule has 0 spiro atoms. The minimum absolute atomic E-state index is 0.0748. The monoisotopic (exact) mass is 188 g/mol. The fraction of sp³-hybridized carbons (Fsp3) is 0.273. The van der Waals surface area contributed by atoms with Crippen molar-refractivity contribution < 1.29 is 4.79 Å². The van der Waals surface area contributed by atoms with Crippen molar-refractivity contribution in [2.75, 3.05) is 6.54 Å². The molecular formula is C11H12N2O. The Hall–Kier alpha value is -1.64. The van der Waals surface area contributed by atoms with Gasteiger partial charge in [0.15, 0.2) is 0 Å². The Morgan fingerprint density at radius 3 is 3.00 bits per heavy atom. The number of pyridine rings is 1. The first kappa shape index (κ1) is 8.94. The van der Waals surface area contributed by atoms with Crippen molar-refractivity contribution in [2.45, 2.75) is 12.3 Å². The van der Waals surface area contributed by atoms with E-state index < -0.39 is 0 Å². The van der Waals surface area contributed by atoms with Crippen LogP contribution in [0.15, 0.2) is 37.2 Å². The Morgan fingerprint density at radius 2 is 2.43 bits per heavy atom. The zero-order valence-electron chi connectivity index (χ0n) is 7.89. The number of carbonyl (C=O) groups is 1. The van der Waals surface area contributed by atoms with Crippen LogP contribution in [0.2, 0.25) is 0 Å². The maximum Gasteiger partial charge on any atom is 0.235 e. The number of amides is 1. The van der Waals surface area contributed by atoms with Gasteiger partial charge in [0.25, 0.3) is 0 Å². The van der Waals surface area contributed by atoms with Crippen molar-refractivity contribution in [1.82, 2.24) is 9.88 Å². The number of rotatable bonds is 2. The van der Waals surface area contributed by atoms with Crippen LogP contribution in [-0.4, -0.2) is 22.3 Å². The molecule has 2 heterocycles. The second-order valence-corrected chi connectivity index (χ2v) is 3.31. The highest BCUT2D eigenvalue weighted by Crippen LogP contribution is 2.26. The molecule has 1 aliphatic rings. The summed E-state index contributed by atoms with van der Waals surface area (Å²) in [5, 5.41) is 0. The van der Waals surface area contributed by atoms with E-state index in [0.29, 0.717) is 0 Å². The summed E-state index contributed by atoms with van der Waals surface area (Å²) in [5.74, 6) is 0.0351. The molecule has 1 aromatic heterocycles. The predicted octanol–water partition coefficient (Wildman–Crippen LogP) is 1.54. The molecule has 0 saturated carbocycles. The third-order valence-corrected chi connectivity index (χ3v) is 2.51. The summed E-state index contributed by atoms with van der Waals surface area (Å²) < 4.78 is 0. The smallest absolute Gasteiger partial charge is 0.235 e. The molecule has 0 bridgehead atoms. The van der Waals surface area contributed by atoms with Crippen molar-refractivity contribution in [3.63, 3.8) is 0 Å². The Bertz CT molecular complexity index is 348. The van der Waals surface area contributed by atoms with E-state index in [1.165, 1.54) is 0 Å². The van der Waals surface area contributed by atoms with Crippen molar-refractivity contribution in [1.29, 1.82) is 0 Å². The van der Waals surface area contributed by atoms with Gasteiger partial charge in [-0.2, -0.15) is 0 Å². The molecule has 0 aromatic carbocycles. The zero-order valence-corrected chi connectivity index (χ0v) is 7.89. The van der Waals surface area contributed by atoms with E-state index in [1.807, 2.05) is 18.2 Å². The average molecular weight is 188 g/mol. The van der Waals surface area contributed by atoms with Crippen LogP contribution < -0.4 is 0 Å². The summed E-state index contributed by atoms with van der Waals surface area (Å²) in [5.41, 5.74) is 0.863. The zero-order chi connectivity index (χ0) is 9.97. The van der Waals surface area contributed by atoms with Crippen LogP contribution in [-0.2, 0) is 4.79 Å². The topological polar surface area (TPSA) is 33.2 Å². The molecule has 2 rings (SSSR count). The van der Waals surface area contributed by atoms with E-state index in [-0.39, 0.29) is 11.8 Å². The molecule has 1 aliphatic heterocycles. The average Bonchev–Trinajstić information content (AvgIpc) is 2.61. The Kier molecular flexibility index (Phi) is 2.31. The number of likely N-dealkylation sites (tertiary alicyclic amines) is 1. The number of carbonyl (C=O) groups excluding carboxylic acids is 1. The van der Waals surface area contributed by atoms with Gasteiger partial charge in [0.2, 0.25) is 5.91 Å². The summed E-state index contributed by atoms with van der Waals surface area (Å²) >= 11 is 0. The molecule has 3 nitrogen and oxygen atoms in total. The Labute approximate surface area is 83.1 Å². The lowest BCUT2D eigenvalue weighted by molar-refractivity contribution is -0.126. The van der Waals surface area contributed by atoms with Gasteiger partial charge in [-0.25, -0.2) is 0 Å². The van der Waals surface area contributed by atoms with E-state index >= 15 is 0 Å². The molecule has 1 fully saturated rings. The molecule has 72 valence electrons. The Balaban J connectivity index is 2.22. The fourth-order valence-electron chi connectivity index (χ4n) is 1.74. The predicted molar refractivity (Wildman–Crippen MR) is 53.5 cm³/mol. The van der Waals surface area contributed by atoms with Crippen LogP contribution in [0.25, 0.3) is 0 Å². The fourth-order valence-corrected chi connectivity index (χ4v) is 1.74. The largest absolute Gasteiger partial charge is 0.319 e. The lowest BCUT2D eigenvalue weighted by atomic mass is 10.0. The molecule has 3 heteroatoms. The molecule has 1 unspecified atom stereocenters. The molecule has 0 N–H and O–H groups in total. The first-order valence-electron chi connectivity index (χ1n) is 4.67. The van der Waals surface area contributed by atoms with Crippen molar-refractivity contribution in [2.24, 2.45) is 0 Å². The molecule has 0 aliphatic carbocycles. The van der Waals surface area contributed by atoms with Crippen molar-refractivity contribution in [3.8, 4) is 0 Å². The summed E-state index contributed by atoms with van der Waals surface area (Å²) in [6, 6.07) is 5.66. The molecule has 1 aromatic rings. The standard InChI is InChI=1S/C11H12N2O/c1-2-13-8-6-9(11(13)14)10-5-3-4-7-12-10/h2-5,7,9H,1,6,8H2. The molecule has 0 radical (unpaired) electrons. The minimum atomic E-state index is -0.0748. The van der Waals surface area contributed by atoms with Crippen LogP contribution in [0.3, 0.4) is 0 Å². The number of nitrogens with zero attached hydrogens (tertiary/aromatic N) is 2. The van der Waals surface area contributed by atoms with Crippen molar-refractivity contribution >= 4 is 5.91 Å². The number of hydrogen-bond donors (Lipinski definition) is 0. The summed E-state index contributed by atoms with van der Waals surface area (Å²) in [7, 11) is 0. The minimum Gasteiger partial charge on any atom is -0.319 e. The van der Waals surface area contributed by atoms with Gasteiger partial charge >= 0.3 is 0 Å². The van der Waals surface area contributed by atoms with E-state index in [9.17, 15) is 4.79 Å². The van der Waals surface area contributed by atoms with E-state index in [0.717, 1.165) is 18.7 Å². The third kappa shape index (κ3) is 1.41. The molecule has 1 saturated heterocycles. The molecule has 1 amide bonds. The van der Waals surface area contributed by atoms with Gasteiger partial charge in [0.1, 0.15) is 0 Å². The first-order chi connectivity index (χ1) is 6.83. The lowest BCUT2D eigenvalue weighted by Gasteiger charge is -2.09. The summed E-state index contributed by atoms with van der Waals surface area (Å²) in [6.07, 6.45) is 4.15. The van der Waals surface area contributed by atoms with Crippen LogP contribution in [0.4, 0.5) is 0 Å². The van der Waals surface area contributed by atoms with Gasteiger partial charge in [-0.05, 0) is 24.8 Å². The molecule has 14 heavy (non-hydrogen) atoms. The quantitative estimate of drug-likeness (QED) is 0.705. The highest BCUT2D eigenvalue weighted by Gasteiger charge is 2.31. The SMILES string of the molecule is C=CN1CCC(c2ccccn2)C1=O. The van der Waals surface area contributed by atoms with Gasteiger partial charge in [0, 0.05) is 12.7 Å². The highest BCUT2D eigenvalue weighted by atomic mass is 16.2. The number of hydrogen-bond acceptors (Lipinski definition) is 2. The number of aromatic nitrogens is 1. The van der Waals surface area contributed by atoms with Gasteiger partial charge in [-0.1, -0.05) is 12.6 Å². The summed E-state index contributed by atoms with van der Waals surface area (Å²) in [4.78, 5) is 17.6. The second-order valence-electron chi connectivity index (χ2n) is 3.31. The van der Waals surface area contributed by atoms with E-state index in [2.05, 4.69) is 11.6 Å². The van der Waals surface area contributed by atoms with Crippen LogP contribution >= 0.6 is 0 Å². The van der Waals surface area contributed by atoms with E-state index in [4.69, 9.17) is 0 Å². The maximum atomic E-state index is 11.8. The van der Waals surface area contributed by atoms with Crippen molar-refractivity contribution in [3.05, 3.63) is 42.9 Å². The lowest BCUT2D eigenvalue weighted by Crippen LogP contribution is -2.20. The highest BCUT2D eigenvalue weighted by molar-refractivity contribution is 5.86. The van der Waals surface area contributed by atoms with Crippen LogP contribution in [0, 0.1) is 0 Å². The van der Waals surface area contributed by atoms with Crippen LogP contribution in [0.1, 0.15) is 18.0 Å². The first-order valence-corrected chi connectivity index (χ1v) is 4.67. The van der Waals surface area contributed by atoms with Gasteiger partial charge < -0.3 is 4.90 Å². The molecular weight excluding hydrogens is 176 g/mol.